The summed E-state index contributed by atoms with van der Waals surface area (Å²) >= 11 is 11.7. The largest absolute Gasteiger partial charge is 0.258 e. The molecule has 0 bridgehead atoms. The van der Waals surface area contributed by atoms with Crippen molar-refractivity contribution in [2.75, 3.05) is 13.6 Å². The second-order valence-electron chi connectivity index (χ2n) is 3.62. The van der Waals surface area contributed by atoms with E-state index in [0.29, 0.717) is 16.2 Å². The van der Waals surface area contributed by atoms with Crippen molar-refractivity contribution in [3.63, 3.8) is 0 Å². The Kier molecular flexibility index (Phi) is 3.46. The van der Waals surface area contributed by atoms with Gasteiger partial charge < -0.3 is 0 Å². The van der Waals surface area contributed by atoms with Crippen LogP contribution in [-0.4, -0.2) is 23.6 Å². The zero-order valence-electron chi connectivity index (χ0n) is 8.50. The lowest BCUT2D eigenvalue weighted by Crippen LogP contribution is -2.34. The molecular formula is C10H13Cl2N3. The molecule has 3 nitrogen and oxygen atoms in total. The van der Waals surface area contributed by atoms with Crippen LogP contribution in [0.3, 0.4) is 0 Å². The third-order valence-corrected chi connectivity index (χ3v) is 3.43. The molecule has 1 N–H and O–H groups in total. The van der Waals surface area contributed by atoms with E-state index in [1.807, 2.05) is 13.1 Å². The smallest absolute Gasteiger partial charge is 0.147 e. The van der Waals surface area contributed by atoms with Crippen LogP contribution in [0, 0.1) is 0 Å². The fourth-order valence-corrected chi connectivity index (χ4v) is 2.28. The average molecular weight is 246 g/mol. The molecule has 0 aliphatic carbocycles. The molecule has 15 heavy (non-hydrogen) atoms. The minimum atomic E-state index is 0.359. The second kappa shape index (κ2) is 4.66. The number of halogens is 2. The molecule has 1 atom stereocenters. The molecule has 0 unspecified atom stereocenters. The van der Waals surface area contributed by atoms with Crippen LogP contribution >= 0.6 is 23.2 Å². The number of nitrogens with one attached hydrogen (secondary N) is 1. The van der Waals surface area contributed by atoms with Crippen LogP contribution in [0.4, 0.5) is 0 Å². The van der Waals surface area contributed by atoms with Crippen molar-refractivity contribution in [2.45, 2.75) is 18.9 Å². The molecule has 0 aromatic carbocycles. The normalized spacial score (nSPS) is 22.2. The van der Waals surface area contributed by atoms with Crippen molar-refractivity contribution in [3.8, 4) is 0 Å². The minimum absolute atomic E-state index is 0.359. The Labute approximate surface area is 99.4 Å². The zero-order valence-corrected chi connectivity index (χ0v) is 10.0. The van der Waals surface area contributed by atoms with E-state index in [2.05, 4.69) is 15.4 Å². The van der Waals surface area contributed by atoms with Gasteiger partial charge in [-0.25, -0.2) is 9.99 Å². The van der Waals surface area contributed by atoms with Gasteiger partial charge >= 0.3 is 0 Å². The predicted octanol–water partition coefficient (Wildman–Crippen LogP) is 2.66. The molecule has 1 aromatic heterocycles. The maximum atomic E-state index is 5.95. The number of hydrazine groups is 1. The predicted molar refractivity (Wildman–Crippen MR) is 62.0 cm³/mol. The number of nitrogens with zero attached hydrogens (tertiary/aromatic N) is 2. The molecule has 2 rings (SSSR count). The molecular weight excluding hydrogens is 233 g/mol. The van der Waals surface area contributed by atoms with Gasteiger partial charge in [-0.05, 0) is 31.5 Å². The number of hydrogen-bond acceptors (Lipinski definition) is 3. The molecule has 0 amide bonds. The lowest BCUT2D eigenvalue weighted by Gasteiger charge is -2.23. The first kappa shape index (κ1) is 11.1. The Morgan fingerprint density at radius 2 is 2.33 bits per heavy atom. The van der Waals surface area contributed by atoms with Gasteiger partial charge in [0.2, 0.25) is 0 Å². The first-order chi connectivity index (χ1) is 7.22. The minimum Gasteiger partial charge on any atom is -0.258 e. The lowest BCUT2D eigenvalue weighted by atomic mass is 10.1. The summed E-state index contributed by atoms with van der Waals surface area (Å²) < 4.78 is 0. The third-order valence-electron chi connectivity index (χ3n) is 2.74. The van der Waals surface area contributed by atoms with Gasteiger partial charge in [-0.1, -0.05) is 23.2 Å². The maximum absolute atomic E-state index is 5.95. The van der Waals surface area contributed by atoms with Gasteiger partial charge in [0.25, 0.3) is 0 Å². The average Bonchev–Trinajstić information content (AvgIpc) is 2.70. The molecule has 82 valence electrons. The Morgan fingerprint density at radius 3 is 3.00 bits per heavy atom. The van der Waals surface area contributed by atoms with E-state index in [-0.39, 0.29) is 0 Å². The van der Waals surface area contributed by atoms with E-state index in [1.165, 1.54) is 6.42 Å². The molecule has 0 spiro atoms. The van der Waals surface area contributed by atoms with Crippen molar-refractivity contribution in [1.82, 2.24) is 15.4 Å². The van der Waals surface area contributed by atoms with Gasteiger partial charge in [-0.15, -0.1) is 0 Å². The lowest BCUT2D eigenvalue weighted by molar-refractivity contribution is 0.190. The summed E-state index contributed by atoms with van der Waals surface area (Å²) in [6.07, 6.45) is 4.11. The molecule has 1 saturated heterocycles. The van der Waals surface area contributed by atoms with E-state index in [4.69, 9.17) is 23.2 Å². The Hall–Kier alpha value is -0.350. The van der Waals surface area contributed by atoms with Gasteiger partial charge in [0.05, 0.1) is 11.1 Å². The molecule has 0 saturated carbocycles. The highest BCUT2D eigenvalue weighted by molar-refractivity contribution is 6.41. The topological polar surface area (TPSA) is 28.2 Å². The Morgan fingerprint density at radius 1 is 1.53 bits per heavy atom. The van der Waals surface area contributed by atoms with E-state index < -0.39 is 0 Å². The molecule has 1 aromatic rings. The molecule has 1 fully saturated rings. The number of aromatic nitrogens is 1. The van der Waals surface area contributed by atoms with Crippen LogP contribution in [0.2, 0.25) is 10.2 Å². The number of hydrogen-bond donors (Lipinski definition) is 1. The SMILES string of the molecule is CNN1CCC[C@@H]1c1cnc(Cl)c(Cl)c1. The molecule has 1 aliphatic heterocycles. The van der Waals surface area contributed by atoms with Crippen molar-refractivity contribution in [2.24, 2.45) is 0 Å². The second-order valence-corrected chi connectivity index (χ2v) is 4.38. The van der Waals surface area contributed by atoms with Crippen molar-refractivity contribution < 1.29 is 0 Å². The summed E-state index contributed by atoms with van der Waals surface area (Å²) in [6, 6.07) is 2.26. The van der Waals surface area contributed by atoms with Crippen LogP contribution in [0.5, 0.6) is 0 Å². The van der Waals surface area contributed by atoms with Crippen molar-refractivity contribution in [3.05, 3.63) is 28.0 Å². The van der Waals surface area contributed by atoms with Gasteiger partial charge in [0.15, 0.2) is 0 Å². The monoisotopic (exact) mass is 245 g/mol. The highest BCUT2D eigenvalue weighted by atomic mass is 35.5. The summed E-state index contributed by atoms with van der Waals surface area (Å²) in [7, 11) is 1.93. The zero-order chi connectivity index (χ0) is 10.8. The van der Waals surface area contributed by atoms with E-state index >= 15 is 0 Å². The van der Waals surface area contributed by atoms with Crippen molar-refractivity contribution in [1.29, 1.82) is 0 Å². The summed E-state index contributed by atoms with van der Waals surface area (Å²) in [5.74, 6) is 0. The highest BCUT2D eigenvalue weighted by Gasteiger charge is 2.25. The van der Waals surface area contributed by atoms with E-state index in [1.54, 1.807) is 6.20 Å². The van der Waals surface area contributed by atoms with Gasteiger partial charge in [0.1, 0.15) is 5.15 Å². The van der Waals surface area contributed by atoms with Gasteiger partial charge in [-0.2, -0.15) is 0 Å². The Balaban J connectivity index is 2.25. The highest BCUT2D eigenvalue weighted by Crippen LogP contribution is 2.32. The fraction of sp³-hybridized carbons (Fsp3) is 0.500. The van der Waals surface area contributed by atoms with E-state index in [0.717, 1.165) is 18.5 Å². The van der Waals surface area contributed by atoms with Crippen LogP contribution < -0.4 is 5.43 Å². The van der Waals surface area contributed by atoms with Crippen LogP contribution in [-0.2, 0) is 0 Å². The summed E-state index contributed by atoms with van der Waals surface area (Å²) in [6.45, 7) is 1.06. The summed E-state index contributed by atoms with van der Waals surface area (Å²) in [5.41, 5.74) is 4.30. The van der Waals surface area contributed by atoms with E-state index in [9.17, 15) is 0 Å². The third kappa shape index (κ3) is 2.26. The fourth-order valence-electron chi connectivity index (χ4n) is 2.00. The van der Waals surface area contributed by atoms with Crippen molar-refractivity contribution >= 4 is 23.2 Å². The first-order valence-corrected chi connectivity index (χ1v) is 5.73. The first-order valence-electron chi connectivity index (χ1n) is 4.97. The maximum Gasteiger partial charge on any atom is 0.147 e. The van der Waals surface area contributed by atoms with Crippen LogP contribution in [0.25, 0.3) is 0 Å². The molecule has 1 aliphatic rings. The van der Waals surface area contributed by atoms with Gasteiger partial charge in [-0.3, -0.25) is 5.43 Å². The number of rotatable bonds is 2. The molecule has 0 radical (unpaired) electrons. The standard InChI is InChI=1S/C10H13Cl2N3/c1-13-15-4-2-3-9(15)7-5-8(11)10(12)14-6-7/h5-6,9,13H,2-4H2,1H3/t9-/m1/s1. The molecule has 2 heterocycles. The van der Waals surface area contributed by atoms with Crippen LogP contribution in [0.15, 0.2) is 12.3 Å². The number of pyridine rings is 1. The molecule has 5 heteroatoms. The Bertz CT molecular complexity index is 357. The van der Waals surface area contributed by atoms with Gasteiger partial charge in [0, 0.05) is 12.7 Å². The quantitative estimate of drug-likeness (QED) is 0.813. The van der Waals surface area contributed by atoms with Crippen LogP contribution in [0.1, 0.15) is 24.4 Å². The summed E-state index contributed by atoms with van der Waals surface area (Å²) in [4.78, 5) is 4.07. The summed E-state index contributed by atoms with van der Waals surface area (Å²) in [5, 5.41) is 3.09.